The smallest absolute Gasteiger partial charge is 0.133 e. The number of thiazole rings is 1. The number of aromatic nitrogens is 3. The summed E-state index contributed by atoms with van der Waals surface area (Å²) in [5, 5.41) is 13.2. The van der Waals surface area contributed by atoms with Crippen LogP contribution in [-0.2, 0) is 6.54 Å². The predicted octanol–water partition coefficient (Wildman–Crippen LogP) is 3.81. The zero-order chi connectivity index (χ0) is 14.7. The van der Waals surface area contributed by atoms with Crippen molar-refractivity contribution in [2.24, 2.45) is 0 Å². The summed E-state index contributed by atoms with van der Waals surface area (Å²) in [6.07, 6.45) is 3.82. The molecule has 0 aliphatic rings. The van der Waals surface area contributed by atoms with Crippen molar-refractivity contribution < 1.29 is 0 Å². The van der Waals surface area contributed by atoms with Crippen LogP contribution in [0.25, 0.3) is 9.88 Å². The third-order valence-electron chi connectivity index (χ3n) is 3.55. The van der Waals surface area contributed by atoms with E-state index in [1.807, 2.05) is 23.1 Å². The van der Waals surface area contributed by atoms with E-state index in [4.69, 9.17) is 4.98 Å². The van der Waals surface area contributed by atoms with Crippen molar-refractivity contribution in [3.8, 4) is 9.88 Å². The predicted molar refractivity (Wildman–Crippen MR) is 88.7 cm³/mol. The Kier molecular flexibility index (Phi) is 4.48. The van der Waals surface area contributed by atoms with Crippen LogP contribution in [0.15, 0.2) is 41.4 Å². The fraction of sp³-hybridized carbons (Fsp3) is 0.333. The highest BCUT2D eigenvalue weighted by Crippen LogP contribution is 2.27. The van der Waals surface area contributed by atoms with Gasteiger partial charge in [-0.3, -0.25) is 4.68 Å². The maximum absolute atomic E-state index is 4.69. The topological polar surface area (TPSA) is 42.7 Å². The van der Waals surface area contributed by atoms with Gasteiger partial charge >= 0.3 is 0 Å². The van der Waals surface area contributed by atoms with Crippen LogP contribution in [0, 0.1) is 0 Å². The van der Waals surface area contributed by atoms with Gasteiger partial charge in [0.1, 0.15) is 5.01 Å². The van der Waals surface area contributed by atoms with Gasteiger partial charge in [0.25, 0.3) is 0 Å². The molecule has 3 aromatic heterocycles. The van der Waals surface area contributed by atoms with Crippen LogP contribution in [0.5, 0.6) is 0 Å². The van der Waals surface area contributed by atoms with Crippen LogP contribution < -0.4 is 5.32 Å². The molecule has 4 nitrogen and oxygen atoms in total. The van der Waals surface area contributed by atoms with Crippen LogP contribution in [-0.4, -0.2) is 20.8 Å². The number of rotatable bonds is 6. The molecule has 2 atom stereocenters. The van der Waals surface area contributed by atoms with Gasteiger partial charge in [-0.15, -0.1) is 22.7 Å². The van der Waals surface area contributed by atoms with E-state index in [-0.39, 0.29) is 0 Å². The minimum absolute atomic E-state index is 0.315. The zero-order valence-electron chi connectivity index (χ0n) is 12.1. The molecular formula is C15H18N4S2. The molecule has 0 aliphatic heterocycles. The fourth-order valence-corrected chi connectivity index (χ4v) is 3.72. The Labute approximate surface area is 132 Å². The lowest BCUT2D eigenvalue weighted by Gasteiger charge is -2.21. The number of nitrogens with one attached hydrogen (secondary N) is 1. The lowest BCUT2D eigenvalue weighted by molar-refractivity contribution is 0.364. The third-order valence-corrected chi connectivity index (χ3v) is 5.48. The van der Waals surface area contributed by atoms with Crippen LogP contribution in [0.3, 0.4) is 0 Å². The van der Waals surface area contributed by atoms with Gasteiger partial charge in [0.2, 0.25) is 0 Å². The molecule has 3 aromatic rings. The molecule has 2 unspecified atom stereocenters. The second-order valence-corrected chi connectivity index (χ2v) is 6.82. The highest BCUT2D eigenvalue weighted by molar-refractivity contribution is 7.20. The molecule has 21 heavy (non-hydrogen) atoms. The first-order chi connectivity index (χ1) is 10.2. The highest BCUT2D eigenvalue weighted by Gasteiger charge is 2.14. The van der Waals surface area contributed by atoms with Crippen molar-refractivity contribution in [1.82, 2.24) is 20.1 Å². The van der Waals surface area contributed by atoms with Crippen LogP contribution in [0.4, 0.5) is 0 Å². The minimum atomic E-state index is 0.315. The SMILES string of the molecule is CC(NCc1csc(-c2cccs2)n1)C(C)n1cccn1. The molecular weight excluding hydrogens is 300 g/mol. The van der Waals surface area contributed by atoms with Crippen LogP contribution in [0.1, 0.15) is 25.6 Å². The van der Waals surface area contributed by atoms with Gasteiger partial charge in [-0.1, -0.05) is 6.07 Å². The summed E-state index contributed by atoms with van der Waals surface area (Å²) < 4.78 is 1.98. The van der Waals surface area contributed by atoms with E-state index in [2.05, 4.69) is 47.2 Å². The summed E-state index contributed by atoms with van der Waals surface area (Å²) in [6.45, 7) is 5.14. The molecule has 0 saturated heterocycles. The average molecular weight is 318 g/mol. The van der Waals surface area contributed by atoms with Crippen LogP contribution in [0.2, 0.25) is 0 Å². The second kappa shape index (κ2) is 6.51. The molecule has 6 heteroatoms. The molecule has 3 rings (SSSR count). The van der Waals surface area contributed by atoms with E-state index in [0.717, 1.165) is 17.2 Å². The number of hydrogen-bond acceptors (Lipinski definition) is 5. The molecule has 0 aromatic carbocycles. The Bertz CT molecular complexity index is 658. The molecule has 1 N–H and O–H groups in total. The summed E-state index contributed by atoms with van der Waals surface area (Å²) in [5.74, 6) is 0. The molecule has 0 spiro atoms. The summed E-state index contributed by atoms with van der Waals surface area (Å²) in [7, 11) is 0. The van der Waals surface area contributed by atoms with E-state index < -0.39 is 0 Å². The zero-order valence-corrected chi connectivity index (χ0v) is 13.7. The lowest BCUT2D eigenvalue weighted by atomic mass is 10.2. The van der Waals surface area contributed by atoms with Gasteiger partial charge < -0.3 is 5.32 Å². The van der Waals surface area contributed by atoms with Gasteiger partial charge in [0.15, 0.2) is 0 Å². The van der Waals surface area contributed by atoms with E-state index in [1.165, 1.54) is 4.88 Å². The average Bonchev–Trinajstić information content (AvgIpc) is 3.25. The molecule has 0 bridgehead atoms. The molecule has 0 amide bonds. The van der Waals surface area contributed by atoms with Gasteiger partial charge in [-0.2, -0.15) is 5.10 Å². The van der Waals surface area contributed by atoms with E-state index in [9.17, 15) is 0 Å². The van der Waals surface area contributed by atoms with Crippen molar-refractivity contribution in [2.45, 2.75) is 32.5 Å². The van der Waals surface area contributed by atoms with Crippen molar-refractivity contribution in [2.75, 3.05) is 0 Å². The minimum Gasteiger partial charge on any atom is -0.306 e. The van der Waals surface area contributed by atoms with Gasteiger partial charge in [-0.25, -0.2) is 4.98 Å². The molecule has 0 radical (unpaired) electrons. The molecule has 0 fully saturated rings. The molecule has 3 heterocycles. The second-order valence-electron chi connectivity index (χ2n) is 5.02. The molecule has 0 aliphatic carbocycles. The fourth-order valence-electron chi connectivity index (χ4n) is 2.09. The van der Waals surface area contributed by atoms with Crippen molar-refractivity contribution >= 4 is 22.7 Å². The largest absolute Gasteiger partial charge is 0.306 e. The normalized spacial score (nSPS) is 14.2. The third kappa shape index (κ3) is 3.40. The Morgan fingerprint density at radius 2 is 2.19 bits per heavy atom. The van der Waals surface area contributed by atoms with E-state index >= 15 is 0 Å². The van der Waals surface area contributed by atoms with Gasteiger partial charge in [0.05, 0.1) is 16.6 Å². The van der Waals surface area contributed by atoms with Crippen molar-refractivity contribution in [1.29, 1.82) is 0 Å². The molecule has 110 valence electrons. The first-order valence-corrected chi connectivity index (χ1v) is 8.71. The summed E-state index contributed by atoms with van der Waals surface area (Å²) >= 11 is 3.44. The lowest BCUT2D eigenvalue weighted by Crippen LogP contribution is -2.33. The summed E-state index contributed by atoms with van der Waals surface area (Å²) in [4.78, 5) is 5.93. The first kappa shape index (κ1) is 14.4. The van der Waals surface area contributed by atoms with E-state index in [1.54, 1.807) is 22.7 Å². The van der Waals surface area contributed by atoms with Gasteiger partial charge in [-0.05, 0) is 31.4 Å². The number of nitrogens with zero attached hydrogens (tertiary/aromatic N) is 3. The van der Waals surface area contributed by atoms with Crippen molar-refractivity contribution in [3.05, 3.63) is 47.0 Å². The Morgan fingerprint density at radius 3 is 2.90 bits per heavy atom. The van der Waals surface area contributed by atoms with Gasteiger partial charge in [0, 0.05) is 30.4 Å². The Morgan fingerprint density at radius 1 is 1.29 bits per heavy atom. The van der Waals surface area contributed by atoms with Crippen molar-refractivity contribution in [3.63, 3.8) is 0 Å². The summed E-state index contributed by atoms with van der Waals surface area (Å²) in [6, 6.07) is 6.78. The Balaban J connectivity index is 1.58. The van der Waals surface area contributed by atoms with E-state index in [0.29, 0.717) is 12.1 Å². The Hall–Kier alpha value is -1.50. The highest BCUT2D eigenvalue weighted by atomic mass is 32.1. The maximum atomic E-state index is 4.69. The number of hydrogen-bond donors (Lipinski definition) is 1. The first-order valence-electron chi connectivity index (χ1n) is 6.95. The quantitative estimate of drug-likeness (QED) is 0.751. The summed E-state index contributed by atoms with van der Waals surface area (Å²) in [5.41, 5.74) is 1.10. The standard InChI is InChI=1S/C15H18N4S2/c1-11(12(2)19-7-4-6-17-19)16-9-13-10-21-15(18-13)14-5-3-8-20-14/h3-8,10-12,16H,9H2,1-2H3. The number of thiophene rings is 1. The molecule has 0 saturated carbocycles. The van der Waals surface area contributed by atoms with Crippen LogP contribution >= 0.6 is 22.7 Å². The maximum Gasteiger partial charge on any atom is 0.133 e. The monoisotopic (exact) mass is 318 g/mol.